The van der Waals surface area contributed by atoms with E-state index in [1.54, 1.807) is 0 Å². The molecule has 3 aliphatic heterocycles. The predicted molar refractivity (Wildman–Crippen MR) is 136 cm³/mol. The fourth-order valence-corrected chi connectivity index (χ4v) is 5.51. The first-order valence-corrected chi connectivity index (χ1v) is 12.4. The Morgan fingerprint density at radius 2 is 1.58 bits per heavy atom. The van der Waals surface area contributed by atoms with Gasteiger partial charge in [0.05, 0.1) is 13.1 Å². The van der Waals surface area contributed by atoms with Crippen LogP contribution in [0.2, 0.25) is 0 Å². The molecule has 0 spiro atoms. The molecule has 3 aliphatic rings. The lowest BCUT2D eigenvalue weighted by atomic mass is 9.82. The molecule has 3 N–H and O–H groups in total. The van der Waals surface area contributed by atoms with Gasteiger partial charge < -0.3 is 24.7 Å². The van der Waals surface area contributed by atoms with Crippen molar-refractivity contribution in [2.24, 2.45) is 5.92 Å². The molecule has 0 aliphatic carbocycles. The second-order valence-corrected chi connectivity index (χ2v) is 9.92. The van der Waals surface area contributed by atoms with Gasteiger partial charge in [0.15, 0.2) is 23.6 Å². The van der Waals surface area contributed by atoms with Crippen LogP contribution in [0, 0.1) is 5.92 Å². The van der Waals surface area contributed by atoms with Crippen molar-refractivity contribution in [3.8, 4) is 11.5 Å². The van der Waals surface area contributed by atoms with Gasteiger partial charge in [0.1, 0.15) is 13.1 Å². The van der Waals surface area contributed by atoms with E-state index in [1.165, 1.54) is 18.2 Å². The van der Waals surface area contributed by atoms with Crippen LogP contribution in [-0.4, -0.2) is 58.7 Å². The molecular formula is C29H31N2O5+. The first-order chi connectivity index (χ1) is 17.4. The minimum absolute atomic E-state index is 0.0939. The molecular weight excluding hydrogens is 456 g/mol. The molecule has 2 atom stereocenters. The Balaban J connectivity index is 1.31. The zero-order valence-electron chi connectivity index (χ0n) is 20.0. The largest absolute Gasteiger partial charge is 0.504 e. The van der Waals surface area contributed by atoms with Gasteiger partial charge in [0, 0.05) is 30.0 Å². The van der Waals surface area contributed by atoms with E-state index >= 15 is 0 Å². The van der Waals surface area contributed by atoms with Crippen LogP contribution in [0.3, 0.4) is 0 Å². The van der Waals surface area contributed by atoms with Crippen molar-refractivity contribution in [1.29, 1.82) is 0 Å². The molecule has 3 aromatic rings. The molecule has 3 saturated heterocycles. The lowest BCUT2D eigenvalue weighted by molar-refractivity contribution is -0.938. The minimum atomic E-state index is -0.640. The predicted octanol–water partition coefficient (Wildman–Crippen LogP) is 4.29. The van der Waals surface area contributed by atoms with Crippen molar-refractivity contribution < 1.29 is 29.0 Å². The molecule has 3 heterocycles. The van der Waals surface area contributed by atoms with Crippen LogP contribution < -0.4 is 5.32 Å². The van der Waals surface area contributed by atoms with Crippen molar-refractivity contribution >= 4 is 17.4 Å². The molecule has 0 unspecified atom stereocenters. The molecule has 186 valence electrons. The summed E-state index contributed by atoms with van der Waals surface area (Å²) in [4.78, 5) is 26.6. The summed E-state index contributed by atoms with van der Waals surface area (Å²) in [5.74, 6) is -0.681. The van der Waals surface area contributed by atoms with E-state index in [0.29, 0.717) is 16.6 Å². The monoisotopic (exact) mass is 487 g/mol. The number of aromatic hydroxyl groups is 2. The Kier molecular flexibility index (Phi) is 6.65. The van der Waals surface area contributed by atoms with Gasteiger partial charge in [-0.25, -0.2) is 4.79 Å². The number of carbonyl (C=O) groups excluding carboxylic acids is 2. The Morgan fingerprint density at radius 1 is 0.917 bits per heavy atom. The van der Waals surface area contributed by atoms with Crippen LogP contribution in [0.25, 0.3) is 0 Å². The van der Waals surface area contributed by atoms with Gasteiger partial charge in [-0.05, 0) is 35.9 Å². The van der Waals surface area contributed by atoms with Crippen LogP contribution in [0.4, 0.5) is 5.69 Å². The third-order valence-corrected chi connectivity index (χ3v) is 7.54. The van der Waals surface area contributed by atoms with Crippen LogP contribution in [0.5, 0.6) is 11.5 Å². The Labute approximate surface area is 210 Å². The summed E-state index contributed by atoms with van der Waals surface area (Å²) < 4.78 is 6.73. The molecule has 2 bridgehead atoms. The summed E-state index contributed by atoms with van der Waals surface area (Å²) in [6, 6.07) is 22.7. The highest BCUT2D eigenvalue weighted by atomic mass is 16.5. The highest BCUT2D eigenvalue weighted by Gasteiger charge is 2.49. The normalized spacial score (nSPS) is 23.6. The number of piperidine rings is 3. The number of hydrogen-bond acceptors (Lipinski definition) is 6. The van der Waals surface area contributed by atoms with Crippen molar-refractivity contribution in [2.75, 3.05) is 31.5 Å². The van der Waals surface area contributed by atoms with Gasteiger partial charge in [-0.2, -0.15) is 0 Å². The number of rotatable bonds is 8. The van der Waals surface area contributed by atoms with Crippen molar-refractivity contribution in [2.45, 2.75) is 25.0 Å². The second kappa shape index (κ2) is 10.0. The number of anilines is 1. The fourth-order valence-electron chi connectivity index (χ4n) is 5.51. The molecule has 7 heteroatoms. The summed E-state index contributed by atoms with van der Waals surface area (Å²) >= 11 is 0. The van der Waals surface area contributed by atoms with Crippen molar-refractivity contribution in [3.63, 3.8) is 0 Å². The Bertz CT molecular complexity index is 1220. The van der Waals surface area contributed by atoms with Crippen LogP contribution >= 0.6 is 0 Å². The standard InChI is InChI=1S/C29H30N2O5/c32-24-12-11-22(17-25(24)33)26(34)18-31-15-13-20(14-16-31)27(19-31)36-29(35)28(21-7-3-1-4-8-21)30-23-9-5-2-6-10-23/h1-12,17,20,27-28,30H,13-16,18-19H2,(H-,32,33,34)/p+1/t20?,27-,28+,31?/m0/s1. The van der Waals surface area contributed by atoms with Gasteiger partial charge in [0.2, 0.25) is 5.78 Å². The zero-order valence-corrected chi connectivity index (χ0v) is 20.0. The van der Waals surface area contributed by atoms with Crippen LogP contribution in [0.15, 0.2) is 78.9 Å². The Hall–Kier alpha value is -3.84. The van der Waals surface area contributed by atoms with Crippen LogP contribution in [0.1, 0.15) is 34.8 Å². The van der Waals surface area contributed by atoms with E-state index in [2.05, 4.69) is 5.32 Å². The number of quaternary nitrogens is 1. The summed E-state index contributed by atoms with van der Waals surface area (Å²) in [6.45, 7) is 2.59. The zero-order chi connectivity index (χ0) is 25.1. The number of nitrogens with one attached hydrogen (secondary N) is 1. The van der Waals surface area contributed by atoms with E-state index in [0.717, 1.165) is 37.2 Å². The molecule has 3 aromatic carbocycles. The smallest absolute Gasteiger partial charge is 0.333 e. The third kappa shape index (κ3) is 5.06. The summed E-state index contributed by atoms with van der Waals surface area (Å²) in [5, 5.41) is 22.7. The van der Waals surface area contributed by atoms with Gasteiger partial charge in [-0.3, -0.25) is 4.79 Å². The highest BCUT2D eigenvalue weighted by molar-refractivity contribution is 5.97. The number of phenolic OH excluding ortho intramolecular Hbond substituents is 2. The number of fused-ring (bicyclic) bond motifs is 3. The highest BCUT2D eigenvalue weighted by Crippen LogP contribution is 2.37. The van der Waals surface area contributed by atoms with Gasteiger partial charge in [-0.1, -0.05) is 48.5 Å². The van der Waals surface area contributed by atoms with E-state index < -0.39 is 6.04 Å². The average Bonchev–Trinajstić information content (AvgIpc) is 2.90. The number of para-hydroxylation sites is 1. The lowest BCUT2D eigenvalue weighted by Crippen LogP contribution is -2.65. The topological polar surface area (TPSA) is 95.9 Å². The number of ether oxygens (including phenoxy) is 1. The number of hydrogen-bond donors (Lipinski definition) is 3. The van der Waals surface area contributed by atoms with Crippen molar-refractivity contribution in [3.05, 3.63) is 90.0 Å². The van der Waals surface area contributed by atoms with Gasteiger partial charge >= 0.3 is 5.97 Å². The molecule has 7 nitrogen and oxygen atoms in total. The SMILES string of the molecule is O=C(C[N+]12CCC(CC1)[C@@H](OC(=O)[C@H](Nc1ccccc1)c1ccccc1)C2)c1ccc(O)c(O)c1. The first kappa shape index (κ1) is 23.9. The van der Waals surface area contributed by atoms with Gasteiger partial charge in [-0.15, -0.1) is 0 Å². The number of carbonyl (C=O) groups is 2. The van der Waals surface area contributed by atoms with Crippen LogP contribution in [-0.2, 0) is 9.53 Å². The molecule has 36 heavy (non-hydrogen) atoms. The van der Waals surface area contributed by atoms with E-state index in [9.17, 15) is 19.8 Å². The molecule has 6 rings (SSSR count). The minimum Gasteiger partial charge on any atom is -0.504 e. The molecule has 3 fully saturated rings. The number of benzene rings is 3. The van der Waals surface area contributed by atoms with Gasteiger partial charge in [0.25, 0.3) is 0 Å². The number of esters is 1. The average molecular weight is 488 g/mol. The first-order valence-electron chi connectivity index (χ1n) is 12.4. The summed E-state index contributed by atoms with van der Waals surface area (Å²) in [6.07, 6.45) is 1.53. The number of nitrogens with zero attached hydrogens (tertiary/aromatic N) is 1. The molecule has 0 saturated carbocycles. The Morgan fingerprint density at radius 3 is 2.25 bits per heavy atom. The maximum Gasteiger partial charge on any atom is 0.333 e. The maximum absolute atomic E-state index is 13.5. The summed E-state index contributed by atoms with van der Waals surface area (Å²) in [5.41, 5.74) is 2.04. The molecule has 0 radical (unpaired) electrons. The van der Waals surface area contributed by atoms with E-state index in [4.69, 9.17) is 4.74 Å². The van der Waals surface area contributed by atoms with E-state index in [-0.39, 0.29) is 41.8 Å². The van der Waals surface area contributed by atoms with Crippen molar-refractivity contribution in [1.82, 2.24) is 0 Å². The number of Topliss-reactive ketones (excluding diaryl/α,β-unsaturated/α-hetero) is 1. The number of phenols is 2. The quantitative estimate of drug-likeness (QED) is 0.190. The maximum atomic E-state index is 13.5. The third-order valence-electron chi connectivity index (χ3n) is 7.54. The molecule has 0 amide bonds. The summed E-state index contributed by atoms with van der Waals surface area (Å²) in [7, 11) is 0. The lowest BCUT2D eigenvalue weighted by Gasteiger charge is -2.51. The molecule has 0 aromatic heterocycles. The van der Waals surface area contributed by atoms with E-state index in [1.807, 2.05) is 60.7 Å². The number of ketones is 1. The second-order valence-electron chi connectivity index (χ2n) is 9.92. The fraction of sp³-hybridized carbons (Fsp3) is 0.310.